The minimum atomic E-state index is -3.35. The molecule has 0 aromatic rings. The summed E-state index contributed by atoms with van der Waals surface area (Å²) >= 11 is 0. The molecule has 0 radical (unpaired) electrons. The van der Waals surface area contributed by atoms with E-state index in [1.54, 1.807) is 0 Å². The highest BCUT2D eigenvalue weighted by atomic mass is 35.7. The molecule has 0 fully saturated rings. The molecule has 0 amide bonds. The summed E-state index contributed by atoms with van der Waals surface area (Å²) in [4.78, 5) is 2.38. The van der Waals surface area contributed by atoms with Crippen molar-refractivity contribution in [2.24, 2.45) is 11.8 Å². The zero-order valence-electron chi connectivity index (χ0n) is 25.8. The van der Waals surface area contributed by atoms with Crippen LogP contribution in [0.4, 0.5) is 0 Å². The van der Waals surface area contributed by atoms with Crippen molar-refractivity contribution >= 4 is 29.9 Å². The van der Waals surface area contributed by atoms with E-state index in [0.717, 1.165) is 36.5 Å². The molecule has 2 unspecified atom stereocenters. The minimum Gasteiger partial charge on any atom is -0.396 e. The van der Waals surface area contributed by atoms with E-state index in [-0.39, 0.29) is 25.0 Å². The van der Waals surface area contributed by atoms with Crippen molar-refractivity contribution in [1.29, 1.82) is 0 Å². The highest BCUT2D eigenvalue weighted by Gasteiger charge is 2.12. The van der Waals surface area contributed by atoms with Crippen LogP contribution in [0.3, 0.4) is 0 Å². The standard InChI is InChI=1S/C11H20O3S.C10H18O.C6H15N.CH3ClO2S/c1-9(2)6-7-11(10(3)4)8-14-15(5,12)13;1-8(2)5-6-10(7-11)9(3)4;1-4-7(5-2)6-3;1-5(2,3)4/h6,11H,3,7-8H2,1-2,4-5H3;5,10-11H,3,6-7H2,1-2,4H3;4-6H2,1-3H3;1H3. The fraction of sp³-hybridized carbons (Fsp3) is 0.714. The Balaban J connectivity index is -0.000000220. The molecule has 0 aliphatic heterocycles. The molecule has 7 nitrogen and oxygen atoms in total. The summed E-state index contributed by atoms with van der Waals surface area (Å²) < 4.78 is 45.2. The molecule has 0 rings (SSSR count). The summed E-state index contributed by atoms with van der Waals surface area (Å²) in [5.74, 6) is 0.305. The van der Waals surface area contributed by atoms with Gasteiger partial charge in [-0.1, -0.05) is 68.4 Å². The van der Waals surface area contributed by atoms with Crippen LogP contribution in [0.5, 0.6) is 0 Å². The third-order valence-corrected chi connectivity index (χ3v) is 5.62. The molecule has 228 valence electrons. The van der Waals surface area contributed by atoms with Crippen LogP contribution in [0.25, 0.3) is 0 Å². The van der Waals surface area contributed by atoms with Gasteiger partial charge in [-0.3, -0.25) is 4.18 Å². The van der Waals surface area contributed by atoms with Gasteiger partial charge in [-0.15, -0.1) is 0 Å². The first kappa shape index (κ1) is 44.1. The Hall–Kier alpha value is -0.970. The maximum Gasteiger partial charge on any atom is 0.264 e. The van der Waals surface area contributed by atoms with Gasteiger partial charge in [0.15, 0.2) is 0 Å². The Morgan fingerprint density at radius 2 is 1.13 bits per heavy atom. The number of nitrogens with zero attached hydrogens (tertiary/aromatic N) is 1. The van der Waals surface area contributed by atoms with Crippen molar-refractivity contribution in [2.75, 3.05) is 45.4 Å². The first-order valence-corrected chi connectivity index (χ1v) is 17.3. The first-order chi connectivity index (χ1) is 17.1. The van der Waals surface area contributed by atoms with Gasteiger partial charge in [0.05, 0.1) is 19.1 Å². The zero-order chi connectivity index (χ0) is 31.1. The maximum atomic E-state index is 10.8. The number of hydrogen-bond acceptors (Lipinski definition) is 7. The molecule has 38 heavy (non-hydrogen) atoms. The first-order valence-electron chi connectivity index (χ1n) is 12.8. The Bertz CT molecular complexity index is 884. The lowest BCUT2D eigenvalue weighted by molar-refractivity contribution is 0.247. The molecule has 0 heterocycles. The summed E-state index contributed by atoms with van der Waals surface area (Å²) in [6.45, 7) is 30.1. The summed E-state index contributed by atoms with van der Waals surface area (Å²) in [6.07, 6.45) is 7.86. The molecule has 0 spiro atoms. The highest BCUT2D eigenvalue weighted by molar-refractivity contribution is 8.13. The molecule has 0 aliphatic rings. The lowest BCUT2D eigenvalue weighted by Gasteiger charge is -2.14. The number of halogens is 1. The summed E-state index contributed by atoms with van der Waals surface area (Å²) in [7, 11) is -2.05. The van der Waals surface area contributed by atoms with Gasteiger partial charge in [-0.05, 0) is 74.0 Å². The van der Waals surface area contributed by atoms with Gasteiger partial charge in [0.1, 0.15) is 0 Å². The van der Waals surface area contributed by atoms with Gasteiger partial charge in [0.25, 0.3) is 10.1 Å². The molecule has 0 aromatic heterocycles. The second-order valence-corrected chi connectivity index (χ2v) is 14.3. The van der Waals surface area contributed by atoms with Crippen LogP contribution >= 0.6 is 10.7 Å². The van der Waals surface area contributed by atoms with Crippen LogP contribution in [0.15, 0.2) is 47.6 Å². The minimum absolute atomic E-state index is 0.0645. The predicted octanol–water partition coefficient (Wildman–Crippen LogP) is 6.57. The van der Waals surface area contributed by atoms with E-state index >= 15 is 0 Å². The van der Waals surface area contributed by atoms with Gasteiger partial charge in [0, 0.05) is 29.1 Å². The van der Waals surface area contributed by atoms with Crippen molar-refractivity contribution in [3.8, 4) is 0 Å². The molecule has 0 saturated heterocycles. The summed E-state index contributed by atoms with van der Waals surface area (Å²) in [6, 6.07) is 0. The van der Waals surface area contributed by atoms with E-state index < -0.39 is 19.2 Å². The van der Waals surface area contributed by atoms with Crippen molar-refractivity contribution in [2.45, 2.75) is 75.2 Å². The van der Waals surface area contributed by atoms with Crippen molar-refractivity contribution in [3.05, 3.63) is 47.6 Å². The Morgan fingerprint density at radius 1 is 0.816 bits per heavy atom. The van der Waals surface area contributed by atoms with Crippen LogP contribution in [-0.2, 0) is 23.4 Å². The predicted molar refractivity (Wildman–Crippen MR) is 167 cm³/mol. The smallest absolute Gasteiger partial charge is 0.264 e. The Labute approximate surface area is 240 Å². The fourth-order valence-electron chi connectivity index (χ4n) is 2.48. The molecule has 0 bridgehead atoms. The number of aliphatic hydroxyl groups is 1. The molecular weight excluding hydrogens is 546 g/mol. The molecule has 0 saturated carbocycles. The van der Waals surface area contributed by atoms with E-state index in [0.29, 0.717) is 0 Å². The van der Waals surface area contributed by atoms with Crippen LogP contribution in [-0.4, -0.2) is 72.2 Å². The largest absolute Gasteiger partial charge is 0.396 e. The van der Waals surface area contributed by atoms with Crippen LogP contribution in [0.1, 0.15) is 75.2 Å². The topological polar surface area (TPSA) is 101 Å². The molecule has 0 aromatic carbocycles. The van der Waals surface area contributed by atoms with Gasteiger partial charge in [-0.25, -0.2) is 8.42 Å². The molecule has 10 heteroatoms. The van der Waals surface area contributed by atoms with E-state index in [1.807, 2.05) is 27.7 Å². The summed E-state index contributed by atoms with van der Waals surface area (Å²) in [5.41, 5.74) is 4.51. The van der Waals surface area contributed by atoms with Crippen LogP contribution < -0.4 is 0 Å². The van der Waals surface area contributed by atoms with E-state index in [4.69, 9.17) is 9.29 Å². The number of rotatable bonds is 13. The molecule has 1 N–H and O–H groups in total. The monoisotopic (exact) mass is 601 g/mol. The average Bonchev–Trinajstić information content (AvgIpc) is 2.73. The lowest BCUT2D eigenvalue weighted by atomic mass is 9.98. The second-order valence-electron chi connectivity index (χ2n) is 9.59. The SMILES string of the molecule is C=C(C)C(CC=C(C)C)COS(C)(=O)=O.C=C(C)C(CO)CC=C(C)C.CCN(CC)CC.CS(=O)(=O)Cl. The Morgan fingerprint density at radius 3 is 1.32 bits per heavy atom. The maximum absolute atomic E-state index is 10.8. The van der Waals surface area contributed by atoms with Crippen molar-refractivity contribution in [3.63, 3.8) is 0 Å². The Kier molecular flexibility index (Phi) is 29.0. The normalized spacial score (nSPS) is 12.3. The third-order valence-electron chi connectivity index (χ3n) is 5.06. The van der Waals surface area contributed by atoms with Gasteiger partial charge in [0.2, 0.25) is 9.05 Å². The molecule has 0 aliphatic carbocycles. The van der Waals surface area contributed by atoms with Gasteiger partial charge in [-0.2, -0.15) is 8.42 Å². The zero-order valence-corrected chi connectivity index (χ0v) is 28.2. The van der Waals surface area contributed by atoms with Crippen molar-refractivity contribution < 1.29 is 26.1 Å². The van der Waals surface area contributed by atoms with Gasteiger partial charge < -0.3 is 10.0 Å². The molecular formula is C28H56ClNO6S2. The number of aliphatic hydroxyl groups excluding tert-OH is 1. The van der Waals surface area contributed by atoms with E-state index in [1.165, 1.54) is 30.8 Å². The van der Waals surface area contributed by atoms with E-state index in [9.17, 15) is 16.8 Å². The number of allylic oxidation sites excluding steroid dienone is 4. The van der Waals surface area contributed by atoms with Crippen molar-refractivity contribution in [1.82, 2.24) is 4.90 Å². The number of hydrogen-bond donors (Lipinski definition) is 1. The average molecular weight is 602 g/mol. The summed E-state index contributed by atoms with van der Waals surface area (Å²) in [5, 5.41) is 8.92. The fourth-order valence-corrected chi connectivity index (χ4v) is 2.89. The lowest BCUT2D eigenvalue weighted by Crippen LogP contribution is -2.21. The second kappa shape index (κ2) is 25.0. The molecule has 2 atom stereocenters. The third kappa shape index (κ3) is 42.1. The van der Waals surface area contributed by atoms with Crippen LogP contribution in [0, 0.1) is 11.8 Å². The highest BCUT2D eigenvalue weighted by Crippen LogP contribution is 2.16. The van der Waals surface area contributed by atoms with Gasteiger partial charge >= 0.3 is 0 Å². The quantitative estimate of drug-likeness (QED) is 0.145. The van der Waals surface area contributed by atoms with E-state index in [2.05, 4.69) is 75.5 Å². The van der Waals surface area contributed by atoms with Crippen LogP contribution in [0.2, 0.25) is 0 Å².